The maximum Gasteiger partial charge on any atom is 0.322 e. The minimum absolute atomic E-state index is 0.0445. The zero-order chi connectivity index (χ0) is 25.6. The SMILES string of the molecule is O=C(Nc1cccc(Cl)c1Cl)N(Cc1ccc(OCc2ccccc2)cc1)C1CCCc2ccccc21. The van der Waals surface area contributed by atoms with Gasteiger partial charge in [0.15, 0.2) is 0 Å². The van der Waals surface area contributed by atoms with Gasteiger partial charge in [0, 0.05) is 6.54 Å². The van der Waals surface area contributed by atoms with Crippen molar-refractivity contribution < 1.29 is 9.53 Å². The van der Waals surface area contributed by atoms with Gasteiger partial charge >= 0.3 is 6.03 Å². The highest BCUT2D eigenvalue weighted by Gasteiger charge is 2.30. The number of carbonyl (C=O) groups excluding carboxylic acids is 1. The van der Waals surface area contributed by atoms with Crippen molar-refractivity contribution in [3.63, 3.8) is 0 Å². The molecule has 4 aromatic rings. The van der Waals surface area contributed by atoms with Crippen molar-refractivity contribution in [3.8, 4) is 5.75 Å². The molecule has 0 bridgehead atoms. The number of benzene rings is 4. The van der Waals surface area contributed by atoms with Crippen molar-refractivity contribution in [2.45, 2.75) is 38.5 Å². The van der Waals surface area contributed by atoms with Crippen molar-refractivity contribution >= 4 is 34.9 Å². The first-order valence-electron chi connectivity index (χ1n) is 12.4. The van der Waals surface area contributed by atoms with Crippen molar-refractivity contribution in [3.05, 3.63) is 129 Å². The Labute approximate surface area is 227 Å². The summed E-state index contributed by atoms with van der Waals surface area (Å²) in [4.78, 5) is 15.6. The molecule has 1 atom stereocenters. The van der Waals surface area contributed by atoms with Crippen LogP contribution in [0.2, 0.25) is 10.0 Å². The Morgan fingerprint density at radius 1 is 0.865 bits per heavy atom. The highest BCUT2D eigenvalue weighted by atomic mass is 35.5. The summed E-state index contributed by atoms with van der Waals surface area (Å²) in [6.07, 6.45) is 2.94. The van der Waals surface area contributed by atoms with Crippen molar-refractivity contribution in [1.82, 2.24) is 4.90 Å². The van der Waals surface area contributed by atoms with Gasteiger partial charge in [-0.1, -0.05) is 96.0 Å². The second-order valence-electron chi connectivity index (χ2n) is 9.18. The monoisotopic (exact) mass is 530 g/mol. The summed E-state index contributed by atoms with van der Waals surface area (Å²) in [6, 6.07) is 31.4. The molecule has 4 nitrogen and oxygen atoms in total. The minimum Gasteiger partial charge on any atom is -0.489 e. The average Bonchev–Trinajstić information content (AvgIpc) is 2.94. The Hall–Kier alpha value is -3.47. The number of rotatable bonds is 7. The molecule has 1 aliphatic carbocycles. The second kappa shape index (κ2) is 11.7. The number of fused-ring (bicyclic) bond motifs is 1. The van der Waals surface area contributed by atoms with E-state index in [0.29, 0.717) is 28.9 Å². The van der Waals surface area contributed by atoms with Gasteiger partial charge in [0.05, 0.1) is 21.8 Å². The van der Waals surface area contributed by atoms with Crippen LogP contribution in [0.4, 0.5) is 10.5 Å². The van der Waals surface area contributed by atoms with E-state index >= 15 is 0 Å². The lowest BCUT2D eigenvalue weighted by Gasteiger charge is -2.36. The molecule has 0 saturated carbocycles. The Morgan fingerprint density at radius 3 is 2.43 bits per heavy atom. The molecule has 0 fully saturated rings. The van der Waals surface area contributed by atoms with Crippen molar-refractivity contribution in [2.24, 2.45) is 0 Å². The summed E-state index contributed by atoms with van der Waals surface area (Å²) in [5.41, 5.74) is 5.12. The third kappa shape index (κ3) is 6.10. The van der Waals surface area contributed by atoms with Crippen LogP contribution in [0, 0.1) is 0 Å². The van der Waals surface area contributed by atoms with E-state index in [-0.39, 0.29) is 12.1 Å². The van der Waals surface area contributed by atoms with Gasteiger partial charge in [0.2, 0.25) is 0 Å². The molecular weight excluding hydrogens is 503 g/mol. The lowest BCUT2D eigenvalue weighted by atomic mass is 9.86. The molecular formula is C31H28Cl2N2O2. The molecule has 2 amide bonds. The second-order valence-corrected chi connectivity index (χ2v) is 9.97. The average molecular weight is 531 g/mol. The van der Waals surface area contributed by atoms with Crippen LogP contribution in [-0.2, 0) is 19.6 Å². The van der Waals surface area contributed by atoms with Gasteiger partial charge in [0.25, 0.3) is 0 Å². The van der Waals surface area contributed by atoms with E-state index in [4.69, 9.17) is 27.9 Å². The largest absolute Gasteiger partial charge is 0.489 e. The molecule has 0 aromatic heterocycles. The molecule has 188 valence electrons. The van der Waals surface area contributed by atoms with E-state index in [1.165, 1.54) is 11.1 Å². The van der Waals surface area contributed by atoms with Gasteiger partial charge in [0.1, 0.15) is 12.4 Å². The van der Waals surface area contributed by atoms with Crippen LogP contribution in [0.15, 0.2) is 97.1 Å². The molecule has 6 heteroatoms. The zero-order valence-corrected chi connectivity index (χ0v) is 21.9. The first kappa shape index (κ1) is 25.2. The highest BCUT2D eigenvalue weighted by Crippen LogP contribution is 2.36. The molecule has 37 heavy (non-hydrogen) atoms. The maximum absolute atomic E-state index is 13.7. The predicted octanol–water partition coefficient (Wildman–Crippen LogP) is 8.68. The Bertz CT molecular complexity index is 1360. The number of nitrogens with one attached hydrogen (secondary N) is 1. The van der Waals surface area contributed by atoms with E-state index < -0.39 is 0 Å². The summed E-state index contributed by atoms with van der Waals surface area (Å²) in [5, 5.41) is 3.73. The molecule has 0 saturated heterocycles. The third-order valence-corrected chi connectivity index (χ3v) is 7.51. The fourth-order valence-corrected chi connectivity index (χ4v) is 5.14. The summed E-state index contributed by atoms with van der Waals surface area (Å²) < 4.78 is 5.95. The van der Waals surface area contributed by atoms with Crippen LogP contribution in [0.1, 0.15) is 41.1 Å². The number of anilines is 1. The smallest absolute Gasteiger partial charge is 0.322 e. The van der Waals surface area contributed by atoms with Gasteiger partial charge in [-0.25, -0.2) is 4.79 Å². The molecule has 1 N–H and O–H groups in total. The van der Waals surface area contributed by atoms with Gasteiger partial charge in [-0.3, -0.25) is 0 Å². The normalized spacial score (nSPS) is 14.5. The molecule has 0 aliphatic heterocycles. The Morgan fingerprint density at radius 2 is 1.62 bits per heavy atom. The molecule has 4 aromatic carbocycles. The van der Waals surface area contributed by atoms with Crippen LogP contribution < -0.4 is 10.1 Å². The summed E-state index contributed by atoms with van der Waals surface area (Å²) >= 11 is 12.6. The third-order valence-electron chi connectivity index (χ3n) is 6.69. The lowest BCUT2D eigenvalue weighted by molar-refractivity contribution is 0.175. The fourth-order valence-electron chi connectivity index (χ4n) is 4.79. The number of amides is 2. The van der Waals surface area contributed by atoms with E-state index in [2.05, 4.69) is 23.5 Å². The number of urea groups is 1. The van der Waals surface area contributed by atoms with E-state index in [1.807, 2.05) is 65.6 Å². The van der Waals surface area contributed by atoms with Gasteiger partial charge < -0.3 is 15.0 Å². The summed E-state index contributed by atoms with van der Waals surface area (Å²) in [7, 11) is 0. The summed E-state index contributed by atoms with van der Waals surface area (Å²) in [5.74, 6) is 0.789. The van der Waals surface area contributed by atoms with Crippen molar-refractivity contribution in [2.75, 3.05) is 5.32 Å². The van der Waals surface area contributed by atoms with Crippen LogP contribution in [0.5, 0.6) is 5.75 Å². The predicted molar refractivity (Wildman–Crippen MR) is 150 cm³/mol. The topological polar surface area (TPSA) is 41.6 Å². The molecule has 5 rings (SSSR count). The molecule has 1 aliphatic rings. The number of aryl methyl sites for hydroxylation is 1. The van der Waals surface area contributed by atoms with Gasteiger partial charge in [-0.15, -0.1) is 0 Å². The standard InChI is InChI=1S/C31H28Cl2N2O2/c32-27-13-7-14-28(30(27)33)34-31(36)35(29-15-6-11-24-10-4-5-12-26(24)29)20-22-16-18-25(19-17-22)37-21-23-8-2-1-3-9-23/h1-5,7-10,12-14,16-19,29H,6,11,15,20-21H2,(H,34,36). The van der Waals surface area contributed by atoms with Crippen LogP contribution >= 0.6 is 23.2 Å². The zero-order valence-electron chi connectivity index (χ0n) is 20.4. The van der Waals surface area contributed by atoms with Crippen LogP contribution in [-0.4, -0.2) is 10.9 Å². The minimum atomic E-state index is -0.213. The van der Waals surface area contributed by atoms with Gasteiger partial charge in [-0.05, 0) is 65.8 Å². The molecule has 1 unspecified atom stereocenters. The lowest BCUT2D eigenvalue weighted by Crippen LogP contribution is -2.39. The molecule has 0 spiro atoms. The number of nitrogens with zero attached hydrogens (tertiary/aromatic N) is 1. The fraction of sp³-hybridized carbons (Fsp3) is 0.194. The van der Waals surface area contributed by atoms with Gasteiger partial charge in [-0.2, -0.15) is 0 Å². The molecule has 0 radical (unpaired) electrons. The first-order valence-corrected chi connectivity index (χ1v) is 13.2. The van der Waals surface area contributed by atoms with Crippen LogP contribution in [0.3, 0.4) is 0 Å². The first-order chi connectivity index (χ1) is 18.1. The Kier molecular flexibility index (Phi) is 7.98. The maximum atomic E-state index is 13.7. The van der Waals surface area contributed by atoms with E-state index in [1.54, 1.807) is 18.2 Å². The van der Waals surface area contributed by atoms with E-state index in [9.17, 15) is 4.79 Å². The molecule has 0 heterocycles. The van der Waals surface area contributed by atoms with E-state index in [0.717, 1.165) is 36.1 Å². The van der Waals surface area contributed by atoms with Crippen LogP contribution in [0.25, 0.3) is 0 Å². The number of ether oxygens (including phenoxy) is 1. The number of carbonyl (C=O) groups is 1. The number of halogens is 2. The number of hydrogen-bond acceptors (Lipinski definition) is 2. The van der Waals surface area contributed by atoms with Crippen molar-refractivity contribution in [1.29, 1.82) is 0 Å². The summed E-state index contributed by atoms with van der Waals surface area (Å²) in [6.45, 7) is 0.954. The Balaban J connectivity index is 1.37. The quantitative estimate of drug-likeness (QED) is 0.259. The number of hydrogen-bond donors (Lipinski definition) is 1. The highest BCUT2D eigenvalue weighted by molar-refractivity contribution is 6.43.